The van der Waals surface area contributed by atoms with Crippen molar-refractivity contribution >= 4 is 12.1 Å². The molecule has 0 aliphatic heterocycles. The van der Waals surface area contributed by atoms with E-state index in [9.17, 15) is 19.8 Å². The molecule has 8 heteroatoms. The molecule has 0 aliphatic carbocycles. The number of ether oxygens (including phenoxy) is 3. The molecule has 8 nitrogen and oxygen atoms in total. The average molecular weight is 327 g/mol. The molecule has 0 aromatic heterocycles. The highest BCUT2D eigenvalue weighted by molar-refractivity contribution is 5.76. The molecule has 0 amide bonds. The summed E-state index contributed by atoms with van der Waals surface area (Å²) in [7, 11) is 1.18. The molecule has 1 rings (SSSR count). The van der Waals surface area contributed by atoms with Gasteiger partial charge in [-0.15, -0.1) is 0 Å². The predicted octanol–water partition coefficient (Wildman–Crippen LogP) is 1.07. The third-order valence-electron chi connectivity index (χ3n) is 3.21. The number of esters is 1. The SMILES string of the molecule is COC(=O)O[C@@H](C)[C@H](C)OC(=O)[C@@H](N)Cc1ccc(O)c(O)c1. The summed E-state index contributed by atoms with van der Waals surface area (Å²) < 4.78 is 14.3. The number of hydrogen-bond donors (Lipinski definition) is 3. The number of nitrogens with two attached hydrogens (primary N) is 1. The fourth-order valence-electron chi connectivity index (χ4n) is 1.70. The molecule has 1 aromatic rings. The second-order valence-corrected chi connectivity index (χ2v) is 5.05. The van der Waals surface area contributed by atoms with Crippen molar-refractivity contribution in [2.45, 2.75) is 38.5 Å². The smallest absolute Gasteiger partial charge is 0.504 e. The first kappa shape index (κ1) is 18.6. The molecule has 3 atom stereocenters. The number of carbonyl (C=O) groups is 2. The molecular weight excluding hydrogens is 306 g/mol. The highest BCUT2D eigenvalue weighted by Crippen LogP contribution is 2.25. The zero-order valence-electron chi connectivity index (χ0n) is 13.2. The zero-order chi connectivity index (χ0) is 17.6. The van der Waals surface area contributed by atoms with Crippen molar-refractivity contribution in [2.75, 3.05) is 7.11 Å². The molecule has 0 fully saturated rings. The number of methoxy groups -OCH3 is 1. The van der Waals surface area contributed by atoms with Crippen LogP contribution in [0.2, 0.25) is 0 Å². The molecule has 0 bridgehead atoms. The van der Waals surface area contributed by atoms with Crippen molar-refractivity contribution in [1.29, 1.82) is 0 Å². The van der Waals surface area contributed by atoms with Crippen LogP contribution in [-0.4, -0.2) is 47.7 Å². The fraction of sp³-hybridized carbons (Fsp3) is 0.467. The Labute approximate surface area is 133 Å². The van der Waals surface area contributed by atoms with Crippen LogP contribution in [-0.2, 0) is 25.4 Å². The molecule has 0 aliphatic rings. The number of benzene rings is 1. The Morgan fingerprint density at radius 3 is 2.30 bits per heavy atom. The number of hydrogen-bond acceptors (Lipinski definition) is 8. The maximum absolute atomic E-state index is 11.9. The van der Waals surface area contributed by atoms with Gasteiger partial charge in [0.25, 0.3) is 0 Å². The summed E-state index contributed by atoms with van der Waals surface area (Å²) in [4.78, 5) is 22.9. The Hall–Kier alpha value is -2.48. The molecule has 0 heterocycles. The van der Waals surface area contributed by atoms with Gasteiger partial charge in [-0.2, -0.15) is 0 Å². The maximum Gasteiger partial charge on any atom is 0.508 e. The third-order valence-corrected chi connectivity index (χ3v) is 3.21. The van der Waals surface area contributed by atoms with Gasteiger partial charge in [-0.05, 0) is 38.0 Å². The van der Waals surface area contributed by atoms with Gasteiger partial charge in [-0.25, -0.2) is 4.79 Å². The number of rotatable bonds is 6. The van der Waals surface area contributed by atoms with Crippen molar-refractivity contribution < 1.29 is 34.0 Å². The van der Waals surface area contributed by atoms with E-state index in [1.54, 1.807) is 13.8 Å². The van der Waals surface area contributed by atoms with Crippen molar-refractivity contribution in [3.05, 3.63) is 23.8 Å². The fourth-order valence-corrected chi connectivity index (χ4v) is 1.70. The summed E-state index contributed by atoms with van der Waals surface area (Å²) in [6.45, 7) is 3.11. The zero-order valence-corrected chi connectivity index (χ0v) is 13.2. The van der Waals surface area contributed by atoms with Crippen LogP contribution in [0, 0.1) is 0 Å². The number of phenolic OH excluding ortho intramolecular Hbond substituents is 2. The lowest BCUT2D eigenvalue weighted by Crippen LogP contribution is -2.39. The van der Waals surface area contributed by atoms with Crippen molar-refractivity contribution in [3.8, 4) is 11.5 Å². The van der Waals surface area contributed by atoms with Crippen LogP contribution in [0.15, 0.2) is 18.2 Å². The first-order valence-corrected chi connectivity index (χ1v) is 6.96. The normalized spacial score (nSPS) is 14.4. The van der Waals surface area contributed by atoms with Crippen molar-refractivity contribution in [3.63, 3.8) is 0 Å². The molecule has 0 radical (unpaired) electrons. The Morgan fingerprint density at radius 2 is 1.74 bits per heavy atom. The summed E-state index contributed by atoms with van der Waals surface area (Å²) in [5.41, 5.74) is 6.33. The largest absolute Gasteiger partial charge is 0.508 e. The average Bonchev–Trinajstić information content (AvgIpc) is 2.50. The van der Waals surface area contributed by atoms with E-state index < -0.39 is 30.4 Å². The maximum atomic E-state index is 11.9. The van der Waals surface area contributed by atoms with Crippen molar-refractivity contribution in [2.24, 2.45) is 5.73 Å². The first-order valence-electron chi connectivity index (χ1n) is 6.96. The minimum atomic E-state index is -0.966. The van der Waals surface area contributed by atoms with Gasteiger partial charge in [0.2, 0.25) is 0 Å². The van der Waals surface area contributed by atoms with Crippen LogP contribution in [0.4, 0.5) is 4.79 Å². The van der Waals surface area contributed by atoms with E-state index >= 15 is 0 Å². The highest BCUT2D eigenvalue weighted by Gasteiger charge is 2.24. The van der Waals surface area contributed by atoms with Gasteiger partial charge in [-0.1, -0.05) is 6.07 Å². The predicted molar refractivity (Wildman–Crippen MR) is 80.0 cm³/mol. The van der Waals surface area contributed by atoms with Crippen LogP contribution in [0.25, 0.3) is 0 Å². The molecule has 23 heavy (non-hydrogen) atoms. The number of aromatic hydroxyl groups is 2. The minimum absolute atomic E-state index is 0.117. The molecule has 128 valence electrons. The van der Waals surface area contributed by atoms with Gasteiger partial charge >= 0.3 is 12.1 Å². The number of phenols is 2. The van der Waals surface area contributed by atoms with E-state index in [1.807, 2.05) is 0 Å². The Bertz CT molecular complexity index is 561. The first-order chi connectivity index (χ1) is 10.7. The van der Waals surface area contributed by atoms with Gasteiger partial charge in [0.1, 0.15) is 18.2 Å². The van der Waals surface area contributed by atoms with Gasteiger partial charge < -0.3 is 30.2 Å². The van der Waals surface area contributed by atoms with Crippen molar-refractivity contribution in [1.82, 2.24) is 0 Å². The molecule has 0 spiro atoms. The summed E-state index contributed by atoms with van der Waals surface area (Å²) in [6.07, 6.45) is -2.16. The second-order valence-electron chi connectivity index (χ2n) is 5.05. The summed E-state index contributed by atoms with van der Waals surface area (Å²) in [5.74, 6) is -1.23. The Balaban J connectivity index is 2.55. The standard InChI is InChI=1S/C15H21NO7/c1-8(9(2)23-15(20)21-3)22-14(19)11(16)6-10-4-5-12(17)13(18)7-10/h4-5,7-9,11,17-18H,6,16H2,1-3H3/t8-,9-,11-/m0/s1. The minimum Gasteiger partial charge on any atom is -0.504 e. The molecule has 0 saturated heterocycles. The van der Waals surface area contributed by atoms with Crippen LogP contribution < -0.4 is 5.73 Å². The van der Waals surface area contributed by atoms with E-state index in [0.29, 0.717) is 5.56 Å². The van der Waals surface area contributed by atoms with E-state index in [0.717, 1.165) is 0 Å². The summed E-state index contributed by atoms with van der Waals surface area (Å²) in [6, 6.07) is 3.19. The molecular formula is C15H21NO7. The van der Waals surface area contributed by atoms with Gasteiger partial charge in [0, 0.05) is 0 Å². The Kier molecular flexibility index (Phi) is 6.65. The summed E-state index contributed by atoms with van der Waals surface area (Å²) >= 11 is 0. The topological polar surface area (TPSA) is 128 Å². The van der Waals surface area contributed by atoms with E-state index in [1.165, 1.54) is 25.3 Å². The Morgan fingerprint density at radius 1 is 1.13 bits per heavy atom. The van der Waals surface area contributed by atoms with Gasteiger partial charge in [0.05, 0.1) is 7.11 Å². The van der Waals surface area contributed by atoms with Gasteiger partial charge in [-0.3, -0.25) is 4.79 Å². The molecule has 1 aromatic carbocycles. The molecule has 0 unspecified atom stereocenters. The van der Waals surface area contributed by atoms with E-state index in [4.69, 9.17) is 15.2 Å². The van der Waals surface area contributed by atoms with Gasteiger partial charge in [0.15, 0.2) is 11.5 Å². The highest BCUT2D eigenvalue weighted by atomic mass is 16.7. The lowest BCUT2D eigenvalue weighted by atomic mass is 10.1. The lowest BCUT2D eigenvalue weighted by Gasteiger charge is -2.21. The monoisotopic (exact) mass is 327 g/mol. The lowest BCUT2D eigenvalue weighted by molar-refractivity contribution is -0.155. The van der Waals surface area contributed by atoms with Crippen LogP contribution in [0.5, 0.6) is 11.5 Å². The molecule has 4 N–H and O–H groups in total. The van der Waals surface area contributed by atoms with Crippen LogP contribution in [0.1, 0.15) is 19.4 Å². The summed E-state index contributed by atoms with van der Waals surface area (Å²) in [5, 5.41) is 18.6. The van der Waals surface area contributed by atoms with Crippen LogP contribution in [0.3, 0.4) is 0 Å². The second kappa shape index (κ2) is 8.23. The van der Waals surface area contributed by atoms with E-state index in [2.05, 4.69) is 4.74 Å². The third kappa shape index (κ3) is 5.67. The van der Waals surface area contributed by atoms with Crippen LogP contribution >= 0.6 is 0 Å². The molecule has 0 saturated carbocycles. The quantitative estimate of drug-likeness (QED) is 0.523. The number of carbonyl (C=O) groups excluding carboxylic acids is 2. The van der Waals surface area contributed by atoms with E-state index in [-0.39, 0.29) is 17.9 Å².